The van der Waals surface area contributed by atoms with Crippen LogP contribution < -0.4 is 16.2 Å². The minimum absolute atomic E-state index is 0.0408. The Labute approximate surface area is 156 Å². The normalized spacial score (nSPS) is 11.6. The predicted molar refractivity (Wildman–Crippen MR) is 94.8 cm³/mol. The topological polar surface area (TPSA) is 85.9 Å². The molecule has 1 heterocycles. The molecule has 0 saturated carbocycles. The first kappa shape index (κ1) is 18.8. The van der Waals surface area contributed by atoms with Gasteiger partial charge in [0.25, 0.3) is 0 Å². The fraction of sp³-hybridized carbons (Fsp3) is 0.176. The quantitative estimate of drug-likeness (QED) is 0.658. The van der Waals surface area contributed by atoms with E-state index >= 15 is 0 Å². The van der Waals surface area contributed by atoms with E-state index < -0.39 is 17.4 Å². The monoisotopic (exact) mass is 398 g/mol. The van der Waals surface area contributed by atoms with Crippen LogP contribution in [0.25, 0.3) is 11.4 Å². The highest BCUT2D eigenvalue weighted by atomic mass is 35.5. The molecule has 3 aromatic rings. The number of rotatable bonds is 4. The lowest BCUT2D eigenvalue weighted by atomic mass is 10.1. The second-order valence-electron chi connectivity index (χ2n) is 5.70. The molecule has 142 valence electrons. The molecule has 0 aliphatic rings. The van der Waals surface area contributed by atoms with Crippen molar-refractivity contribution in [3.05, 3.63) is 63.0 Å². The average molecular weight is 399 g/mol. The fourth-order valence-corrected chi connectivity index (χ4v) is 2.68. The summed E-state index contributed by atoms with van der Waals surface area (Å²) in [5.41, 5.74) is 5.67. The number of aromatic nitrogens is 3. The minimum Gasteiger partial charge on any atom is -0.496 e. The van der Waals surface area contributed by atoms with Crippen molar-refractivity contribution in [2.24, 2.45) is 0 Å². The van der Waals surface area contributed by atoms with Crippen molar-refractivity contribution in [2.75, 3.05) is 12.8 Å². The summed E-state index contributed by atoms with van der Waals surface area (Å²) in [6, 6.07) is 7.43. The third-order valence-corrected chi connectivity index (χ3v) is 4.21. The molecule has 6 nitrogen and oxygen atoms in total. The molecule has 0 radical (unpaired) electrons. The molecular weight excluding hydrogens is 385 g/mol. The Morgan fingerprint density at radius 3 is 2.52 bits per heavy atom. The number of nitrogens with two attached hydrogens (primary N) is 1. The van der Waals surface area contributed by atoms with Gasteiger partial charge in [-0.25, -0.2) is 9.48 Å². The maximum absolute atomic E-state index is 12.7. The van der Waals surface area contributed by atoms with Crippen molar-refractivity contribution in [1.29, 1.82) is 0 Å². The molecule has 0 bridgehead atoms. The second-order valence-corrected chi connectivity index (χ2v) is 6.10. The number of benzene rings is 2. The van der Waals surface area contributed by atoms with E-state index in [1.54, 1.807) is 6.07 Å². The van der Waals surface area contributed by atoms with Crippen LogP contribution in [-0.4, -0.2) is 21.9 Å². The largest absolute Gasteiger partial charge is 0.496 e. The lowest BCUT2D eigenvalue weighted by Crippen LogP contribution is -2.19. The molecule has 3 N–H and O–H groups in total. The van der Waals surface area contributed by atoms with E-state index in [1.807, 2.05) is 0 Å². The van der Waals surface area contributed by atoms with Crippen LogP contribution in [0.5, 0.6) is 5.75 Å². The maximum Gasteiger partial charge on any atom is 0.416 e. The number of nitrogen functional groups attached to an aromatic ring is 1. The Kier molecular flexibility index (Phi) is 4.88. The number of alkyl halides is 3. The highest BCUT2D eigenvalue weighted by Gasteiger charge is 2.30. The van der Waals surface area contributed by atoms with E-state index in [2.05, 4.69) is 10.1 Å². The van der Waals surface area contributed by atoms with Crippen molar-refractivity contribution in [3.8, 4) is 17.1 Å². The lowest BCUT2D eigenvalue weighted by Gasteiger charge is -2.10. The van der Waals surface area contributed by atoms with E-state index in [1.165, 1.54) is 25.3 Å². The molecule has 0 aliphatic carbocycles. The number of hydrogen-bond acceptors (Lipinski definition) is 4. The van der Waals surface area contributed by atoms with Crippen molar-refractivity contribution < 1.29 is 17.9 Å². The third-order valence-electron chi connectivity index (χ3n) is 3.89. The Balaban J connectivity index is 1.92. The molecule has 27 heavy (non-hydrogen) atoms. The Morgan fingerprint density at radius 2 is 1.93 bits per heavy atom. The Bertz CT molecular complexity index is 1030. The van der Waals surface area contributed by atoms with Crippen LogP contribution in [0.15, 0.2) is 41.2 Å². The van der Waals surface area contributed by atoms with Gasteiger partial charge in [0.15, 0.2) is 5.82 Å². The molecular formula is C17H14ClF3N4O2. The first-order valence-electron chi connectivity index (χ1n) is 7.65. The van der Waals surface area contributed by atoms with E-state index in [4.69, 9.17) is 22.1 Å². The number of anilines is 1. The number of ether oxygens (including phenoxy) is 1. The van der Waals surface area contributed by atoms with Gasteiger partial charge in [0.2, 0.25) is 0 Å². The molecule has 0 fully saturated rings. The molecule has 0 spiro atoms. The van der Waals surface area contributed by atoms with Crippen molar-refractivity contribution >= 4 is 17.3 Å². The number of nitrogens with zero attached hydrogens (tertiary/aromatic N) is 2. The predicted octanol–water partition coefficient (Wildman–Crippen LogP) is 3.55. The highest BCUT2D eigenvalue weighted by molar-refractivity contribution is 6.33. The van der Waals surface area contributed by atoms with Gasteiger partial charge >= 0.3 is 11.9 Å². The van der Waals surface area contributed by atoms with Crippen LogP contribution in [0, 0.1) is 0 Å². The zero-order valence-corrected chi connectivity index (χ0v) is 14.7. The third kappa shape index (κ3) is 3.92. The van der Waals surface area contributed by atoms with Gasteiger partial charge in [0.05, 0.1) is 29.9 Å². The molecule has 2 aromatic carbocycles. The van der Waals surface area contributed by atoms with Gasteiger partial charge in [0.1, 0.15) is 5.75 Å². The van der Waals surface area contributed by atoms with Gasteiger partial charge in [-0.2, -0.15) is 13.2 Å². The SMILES string of the molecule is COc1cc(N)c(Cl)cc1Cn1nc(-c2ccc(C(F)(F)F)cc2)[nH]c1=O. The van der Waals surface area contributed by atoms with Gasteiger partial charge in [0, 0.05) is 17.2 Å². The van der Waals surface area contributed by atoms with Gasteiger partial charge in [-0.05, 0) is 18.2 Å². The molecule has 1 aromatic heterocycles. The molecule has 3 rings (SSSR count). The van der Waals surface area contributed by atoms with Crippen LogP contribution in [-0.2, 0) is 12.7 Å². The fourth-order valence-electron chi connectivity index (χ4n) is 2.50. The van der Waals surface area contributed by atoms with Gasteiger partial charge in [-0.3, -0.25) is 4.98 Å². The van der Waals surface area contributed by atoms with Crippen LogP contribution in [0.2, 0.25) is 5.02 Å². The summed E-state index contributed by atoms with van der Waals surface area (Å²) in [7, 11) is 1.45. The smallest absolute Gasteiger partial charge is 0.416 e. The van der Waals surface area contributed by atoms with E-state index in [-0.39, 0.29) is 12.4 Å². The summed E-state index contributed by atoms with van der Waals surface area (Å²) in [5.74, 6) is 0.581. The summed E-state index contributed by atoms with van der Waals surface area (Å²) in [4.78, 5) is 14.7. The van der Waals surface area contributed by atoms with Gasteiger partial charge in [-0.15, -0.1) is 5.10 Å². The molecule has 10 heteroatoms. The van der Waals surface area contributed by atoms with Gasteiger partial charge < -0.3 is 10.5 Å². The number of nitrogens with one attached hydrogen (secondary N) is 1. The zero-order valence-electron chi connectivity index (χ0n) is 14.0. The summed E-state index contributed by atoms with van der Waals surface area (Å²) in [6.45, 7) is 0.0408. The van der Waals surface area contributed by atoms with Crippen molar-refractivity contribution in [1.82, 2.24) is 14.8 Å². The molecule has 0 saturated heterocycles. The van der Waals surface area contributed by atoms with Crippen LogP contribution in [0.1, 0.15) is 11.1 Å². The second kappa shape index (κ2) is 6.99. The molecule has 0 amide bonds. The Morgan fingerprint density at radius 1 is 1.26 bits per heavy atom. The summed E-state index contributed by atoms with van der Waals surface area (Å²) in [6.07, 6.45) is -4.43. The van der Waals surface area contributed by atoms with Gasteiger partial charge in [-0.1, -0.05) is 23.7 Å². The zero-order chi connectivity index (χ0) is 19.8. The molecule has 0 atom stereocenters. The summed E-state index contributed by atoms with van der Waals surface area (Å²) < 4.78 is 44.3. The van der Waals surface area contributed by atoms with Crippen LogP contribution >= 0.6 is 11.6 Å². The average Bonchev–Trinajstić information content (AvgIpc) is 2.98. The highest BCUT2D eigenvalue weighted by Crippen LogP contribution is 2.31. The summed E-state index contributed by atoms with van der Waals surface area (Å²) >= 11 is 6.01. The number of aromatic amines is 1. The standard InChI is InChI=1S/C17H14ClF3N4O2/c1-27-14-7-13(22)12(18)6-10(14)8-25-16(26)23-15(24-25)9-2-4-11(5-3-9)17(19,20)21/h2-7H,8,22H2,1H3,(H,23,24,26). The van der Waals surface area contributed by atoms with Crippen LogP contribution in [0.3, 0.4) is 0 Å². The molecule has 0 aliphatic heterocycles. The van der Waals surface area contributed by atoms with E-state index in [9.17, 15) is 18.0 Å². The number of hydrogen-bond donors (Lipinski definition) is 2. The number of methoxy groups -OCH3 is 1. The van der Waals surface area contributed by atoms with Crippen LogP contribution in [0.4, 0.5) is 18.9 Å². The van der Waals surface area contributed by atoms with Crippen molar-refractivity contribution in [2.45, 2.75) is 12.7 Å². The Hall–Kier alpha value is -2.94. The van der Waals surface area contributed by atoms with E-state index in [0.717, 1.165) is 16.8 Å². The maximum atomic E-state index is 12.7. The minimum atomic E-state index is -4.43. The lowest BCUT2D eigenvalue weighted by molar-refractivity contribution is -0.137. The first-order valence-corrected chi connectivity index (χ1v) is 8.03. The first-order chi connectivity index (χ1) is 12.7. The molecule has 0 unspecified atom stereocenters. The number of H-pyrrole nitrogens is 1. The summed E-state index contributed by atoms with van der Waals surface area (Å²) in [5, 5.41) is 4.44. The van der Waals surface area contributed by atoms with Crippen molar-refractivity contribution in [3.63, 3.8) is 0 Å². The van der Waals surface area contributed by atoms with E-state index in [0.29, 0.717) is 27.6 Å². The number of halogens is 4.